The van der Waals surface area contributed by atoms with Gasteiger partial charge < -0.3 is 39.9 Å². The number of phosphoric ester groups is 1. The highest BCUT2D eigenvalue weighted by Crippen LogP contribution is 2.47. The maximum Gasteiger partial charge on any atom is 0.472 e. The van der Waals surface area contributed by atoms with Crippen LogP contribution in [0.2, 0.25) is 0 Å². The Hall–Kier alpha value is -1.96. The van der Waals surface area contributed by atoms with Gasteiger partial charge in [-0.15, -0.1) is 0 Å². The predicted octanol–water partition coefficient (Wildman–Crippen LogP) is 14.1. The number of unbranched alkanes of at least 4 members (excludes halogenated alkanes) is 28. The van der Waals surface area contributed by atoms with Gasteiger partial charge in [0.25, 0.3) is 0 Å². The van der Waals surface area contributed by atoms with Gasteiger partial charge in [-0.05, 0) is 83.5 Å². The van der Waals surface area contributed by atoms with E-state index >= 15 is 0 Å². The maximum atomic E-state index is 12.9. The number of phosphoric acid groups is 1. The smallest absolute Gasteiger partial charge is 0.457 e. The molecule has 0 saturated heterocycles. The van der Waals surface area contributed by atoms with E-state index in [1.54, 1.807) is 0 Å². The molecule has 0 spiro atoms. The summed E-state index contributed by atoms with van der Waals surface area (Å²) in [6, 6.07) is 0. The Bertz CT molecular complexity index is 1420. The number of hydrogen-bond donors (Lipinski definition) is 6. The SMILES string of the molecule is CCCCCCC/C=C\C/C=C\C/C=C\CCCCCCCCCOCC(COP(=O)(O)OC1C(O)C(O)C(O)C(O)C1O)OC(=O)CCCCCCCCCCCCC/C=C\C/C=C\CCCCCCC. The Morgan fingerprint density at radius 3 is 1.18 bits per heavy atom. The number of aliphatic hydroxyl groups excluding tert-OH is 5. The van der Waals surface area contributed by atoms with Crippen molar-refractivity contribution in [1.29, 1.82) is 0 Å². The molecule has 0 radical (unpaired) electrons. The van der Waals surface area contributed by atoms with Crippen molar-refractivity contribution in [3.63, 3.8) is 0 Å². The zero-order chi connectivity index (χ0) is 52.6. The summed E-state index contributed by atoms with van der Waals surface area (Å²) in [5, 5.41) is 50.4. The zero-order valence-electron chi connectivity index (χ0n) is 45.5. The van der Waals surface area contributed by atoms with Gasteiger partial charge in [-0.1, -0.05) is 216 Å². The van der Waals surface area contributed by atoms with Crippen molar-refractivity contribution in [3.8, 4) is 0 Å². The minimum Gasteiger partial charge on any atom is -0.457 e. The summed E-state index contributed by atoms with van der Waals surface area (Å²) in [5.74, 6) is -0.482. The monoisotopic (exact) mass is 1040 g/mol. The third-order valence-electron chi connectivity index (χ3n) is 13.4. The number of carbonyl (C=O) groups is 1. The van der Waals surface area contributed by atoms with E-state index in [0.717, 1.165) is 70.6 Å². The van der Waals surface area contributed by atoms with Crippen molar-refractivity contribution >= 4 is 13.8 Å². The average Bonchev–Trinajstić information content (AvgIpc) is 3.37. The number of ether oxygens (including phenoxy) is 2. The molecule has 0 bridgehead atoms. The quantitative estimate of drug-likeness (QED) is 0.0146. The fourth-order valence-corrected chi connectivity index (χ4v) is 9.72. The second-order valence-electron chi connectivity index (χ2n) is 20.1. The first-order valence-electron chi connectivity index (χ1n) is 29.1. The highest BCUT2D eigenvalue weighted by Gasteiger charge is 2.51. The van der Waals surface area contributed by atoms with E-state index in [1.165, 1.54) is 148 Å². The third kappa shape index (κ3) is 39.5. The molecule has 1 rings (SSSR count). The lowest BCUT2D eigenvalue weighted by atomic mass is 9.85. The average molecular weight is 1040 g/mol. The molecule has 0 aromatic rings. The van der Waals surface area contributed by atoms with E-state index in [0.29, 0.717) is 13.0 Å². The number of esters is 1. The molecular formula is C59H107O12P. The molecule has 1 aliphatic rings. The Kier molecular flexibility index (Phi) is 46.0. The van der Waals surface area contributed by atoms with Crippen molar-refractivity contribution in [3.05, 3.63) is 60.8 Å². The van der Waals surface area contributed by atoms with Gasteiger partial charge in [0.1, 0.15) is 42.7 Å². The Morgan fingerprint density at radius 1 is 0.444 bits per heavy atom. The molecule has 6 N–H and O–H groups in total. The number of hydrogen-bond acceptors (Lipinski definition) is 11. The second kappa shape index (κ2) is 48.7. The van der Waals surface area contributed by atoms with Crippen molar-refractivity contribution in [1.82, 2.24) is 0 Å². The lowest BCUT2D eigenvalue weighted by Gasteiger charge is -2.41. The van der Waals surface area contributed by atoms with Gasteiger partial charge in [0.2, 0.25) is 0 Å². The first-order chi connectivity index (χ1) is 35.0. The van der Waals surface area contributed by atoms with Gasteiger partial charge in [-0.25, -0.2) is 4.57 Å². The van der Waals surface area contributed by atoms with Gasteiger partial charge in [-0.3, -0.25) is 13.8 Å². The van der Waals surface area contributed by atoms with E-state index in [-0.39, 0.29) is 13.0 Å². The molecule has 0 aromatic carbocycles. The number of rotatable bonds is 50. The van der Waals surface area contributed by atoms with Gasteiger partial charge >= 0.3 is 13.8 Å². The van der Waals surface area contributed by atoms with Crippen LogP contribution in [0.5, 0.6) is 0 Å². The largest absolute Gasteiger partial charge is 0.472 e. The highest BCUT2D eigenvalue weighted by molar-refractivity contribution is 7.47. The minimum atomic E-state index is -5.03. The Balaban J connectivity index is 2.30. The molecule has 0 aliphatic heterocycles. The molecule has 13 heteroatoms. The summed E-state index contributed by atoms with van der Waals surface area (Å²) >= 11 is 0. The fraction of sp³-hybridized carbons (Fsp3) is 0.814. The predicted molar refractivity (Wildman–Crippen MR) is 295 cm³/mol. The van der Waals surface area contributed by atoms with Crippen LogP contribution in [0.1, 0.15) is 245 Å². The Morgan fingerprint density at radius 2 is 0.778 bits per heavy atom. The molecule has 0 heterocycles. The van der Waals surface area contributed by atoms with E-state index < -0.39 is 63.1 Å². The van der Waals surface area contributed by atoms with Crippen molar-refractivity contribution in [2.24, 2.45) is 0 Å². The van der Waals surface area contributed by atoms with Crippen LogP contribution in [0.3, 0.4) is 0 Å². The van der Waals surface area contributed by atoms with Crippen molar-refractivity contribution in [2.75, 3.05) is 19.8 Å². The van der Waals surface area contributed by atoms with Crippen LogP contribution in [0, 0.1) is 0 Å². The van der Waals surface area contributed by atoms with Crippen LogP contribution in [-0.4, -0.2) is 98.9 Å². The maximum absolute atomic E-state index is 12.9. The summed E-state index contributed by atoms with van der Waals surface area (Å²) < 4.78 is 34.4. The van der Waals surface area contributed by atoms with Crippen LogP contribution in [0.25, 0.3) is 0 Å². The summed E-state index contributed by atoms with van der Waals surface area (Å²) in [6.07, 6.45) is 51.4. The van der Waals surface area contributed by atoms with Crippen molar-refractivity contribution < 1.29 is 58.3 Å². The highest BCUT2D eigenvalue weighted by atomic mass is 31.2. The molecule has 12 nitrogen and oxygen atoms in total. The van der Waals surface area contributed by atoms with E-state index in [2.05, 4.69) is 74.6 Å². The molecule has 6 unspecified atom stereocenters. The molecule has 72 heavy (non-hydrogen) atoms. The van der Waals surface area contributed by atoms with E-state index in [4.69, 9.17) is 18.5 Å². The molecule has 1 aliphatic carbocycles. The molecule has 1 saturated carbocycles. The normalized spacial score (nSPS) is 21.1. The van der Waals surface area contributed by atoms with E-state index in [1.807, 2.05) is 0 Å². The van der Waals surface area contributed by atoms with Gasteiger partial charge in [0.05, 0.1) is 13.2 Å². The fourth-order valence-electron chi connectivity index (χ4n) is 8.75. The van der Waals surface area contributed by atoms with Gasteiger partial charge in [0.15, 0.2) is 0 Å². The number of carbonyl (C=O) groups excluding carboxylic acids is 1. The standard InChI is InChI=1S/C59H107O12P/c1-3-5-7-9-11-13-15-17-19-21-23-25-27-28-30-32-34-36-38-40-42-44-46-48-53(60)70-52(51-69-72(66,67)71-59-57(64)55(62)54(61)56(63)58(59)65)50-68-49-47-45-43-41-39-37-35-33-31-29-26-24-22-20-18-16-14-12-10-8-6-4-2/h15-18,21-24,29,31,52,54-59,61-65H,3-14,19-20,25-28,30,32-51H2,1-2H3,(H,66,67)/b17-15-,18-16-,23-21-,24-22-,31-29-. The first-order valence-corrected chi connectivity index (χ1v) is 30.6. The van der Waals surface area contributed by atoms with Gasteiger partial charge in [0, 0.05) is 13.0 Å². The zero-order valence-corrected chi connectivity index (χ0v) is 46.4. The molecular weight excluding hydrogens is 932 g/mol. The van der Waals surface area contributed by atoms with Crippen molar-refractivity contribution in [2.45, 2.75) is 288 Å². The lowest BCUT2D eigenvalue weighted by molar-refractivity contribution is -0.220. The van der Waals surface area contributed by atoms with Gasteiger partial charge in [-0.2, -0.15) is 0 Å². The molecule has 0 amide bonds. The Labute approximate surface area is 438 Å². The second-order valence-corrected chi connectivity index (χ2v) is 21.5. The molecule has 0 aromatic heterocycles. The van der Waals surface area contributed by atoms with Crippen LogP contribution in [-0.2, 0) is 27.9 Å². The summed E-state index contributed by atoms with van der Waals surface area (Å²) in [4.78, 5) is 23.3. The van der Waals surface area contributed by atoms with Crippen LogP contribution >= 0.6 is 7.82 Å². The van der Waals surface area contributed by atoms with E-state index in [9.17, 15) is 39.8 Å². The van der Waals surface area contributed by atoms with Crippen LogP contribution in [0.15, 0.2) is 60.8 Å². The minimum absolute atomic E-state index is 0.0854. The molecule has 1 fully saturated rings. The van der Waals surface area contributed by atoms with Crippen LogP contribution < -0.4 is 0 Å². The molecule has 420 valence electrons. The molecule has 6 atom stereocenters. The lowest BCUT2D eigenvalue weighted by Crippen LogP contribution is -2.64. The topological polar surface area (TPSA) is 192 Å². The number of allylic oxidation sites excluding steroid dienone is 10. The number of aliphatic hydroxyl groups is 5. The first kappa shape index (κ1) is 68.1. The third-order valence-corrected chi connectivity index (χ3v) is 14.3. The van der Waals surface area contributed by atoms with Crippen LogP contribution in [0.4, 0.5) is 0 Å². The summed E-state index contributed by atoms with van der Waals surface area (Å²) in [5.41, 5.74) is 0. The summed E-state index contributed by atoms with van der Waals surface area (Å²) in [7, 11) is -5.03. The summed E-state index contributed by atoms with van der Waals surface area (Å²) in [6.45, 7) is 4.25.